The maximum Gasteiger partial charge on any atom is 0.244 e. The average Bonchev–Trinajstić information content (AvgIpc) is 3.15. The van der Waals surface area contributed by atoms with Crippen LogP contribution >= 0.6 is 0 Å². The average molecular weight is 393 g/mol. The lowest BCUT2D eigenvalue weighted by molar-refractivity contribution is 0.473. The molecule has 0 saturated carbocycles. The van der Waals surface area contributed by atoms with Gasteiger partial charge in [0.1, 0.15) is 0 Å². The molecule has 1 aliphatic rings. The minimum Gasteiger partial charge on any atom is -0.349 e. The smallest absolute Gasteiger partial charge is 0.244 e. The lowest BCUT2D eigenvalue weighted by Gasteiger charge is -2.26. The molecule has 0 radical (unpaired) electrons. The first kappa shape index (κ1) is 18.7. The van der Waals surface area contributed by atoms with Crippen LogP contribution in [0, 0.1) is 13.8 Å². The van der Waals surface area contributed by atoms with E-state index in [9.17, 15) is 8.42 Å². The summed E-state index contributed by atoms with van der Waals surface area (Å²) in [5.74, 6) is 0. The van der Waals surface area contributed by atoms with Crippen LogP contribution < -0.4 is 4.90 Å². The minimum absolute atomic E-state index is 0.0248. The first-order valence-electron chi connectivity index (χ1n) is 9.40. The summed E-state index contributed by atoms with van der Waals surface area (Å²) in [6.07, 6.45) is 0. The predicted molar refractivity (Wildman–Crippen MR) is 113 cm³/mol. The standard InChI is InChI=1S/C23H24N2O2S/c1-18-11-13-22(14-12-18)28(26,27)24-16-23(20-8-4-3-5-9-20)25(17-24)21-10-6-7-19(2)15-21/h3-15,23H,16-17H2,1-2H3. The summed E-state index contributed by atoms with van der Waals surface area (Å²) in [6.45, 7) is 4.77. The second-order valence-corrected chi connectivity index (χ2v) is 9.27. The minimum atomic E-state index is -3.56. The first-order chi connectivity index (χ1) is 13.4. The van der Waals surface area contributed by atoms with E-state index in [1.807, 2.05) is 49.4 Å². The molecule has 28 heavy (non-hydrogen) atoms. The summed E-state index contributed by atoms with van der Waals surface area (Å²) in [4.78, 5) is 2.52. The van der Waals surface area contributed by atoms with Crippen LogP contribution in [0.1, 0.15) is 22.7 Å². The number of aryl methyl sites for hydroxylation is 2. The van der Waals surface area contributed by atoms with Gasteiger partial charge in [-0.05, 0) is 49.2 Å². The molecule has 3 aromatic carbocycles. The third kappa shape index (κ3) is 3.55. The van der Waals surface area contributed by atoms with Crippen LogP contribution in [0.5, 0.6) is 0 Å². The Hall–Kier alpha value is -2.63. The Morgan fingerprint density at radius 1 is 0.821 bits per heavy atom. The summed E-state index contributed by atoms with van der Waals surface area (Å²) in [5, 5.41) is 0. The fraction of sp³-hybridized carbons (Fsp3) is 0.217. The quantitative estimate of drug-likeness (QED) is 0.656. The predicted octanol–water partition coefficient (Wildman–Crippen LogP) is 4.51. The molecule has 0 aromatic heterocycles. The van der Waals surface area contributed by atoms with Gasteiger partial charge in [0.25, 0.3) is 0 Å². The van der Waals surface area contributed by atoms with Gasteiger partial charge in [0, 0.05) is 12.2 Å². The van der Waals surface area contributed by atoms with Gasteiger partial charge in [-0.3, -0.25) is 0 Å². The number of nitrogens with zero attached hydrogens (tertiary/aromatic N) is 2. The molecule has 0 bridgehead atoms. The van der Waals surface area contributed by atoms with Crippen LogP contribution in [0.4, 0.5) is 5.69 Å². The van der Waals surface area contributed by atoms with Crippen LogP contribution in [0.15, 0.2) is 83.8 Å². The van der Waals surface area contributed by atoms with E-state index in [1.165, 1.54) is 0 Å². The van der Waals surface area contributed by atoms with Crippen molar-refractivity contribution in [2.45, 2.75) is 24.8 Å². The number of hydrogen-bond acceptors (Lipinski definition) is 3. The number of hydrogen-bond donors (Lipinski definition) is 0. The van der Waals surface area contributed by atoms with Crippen molar-refractivity contribution in [3.8, 4) is 0 Å². The summed E-state index contributed by atoms with van der Waals surface area (Å²) in [6, 6.07) is 25.4. The van der Waals surface area contributed by atoms with Gasteiger partial charge in [-0.15, -0.1) is 0 Å². The molecule has 1 unspecified atom stereocenters. The molecule has 3 aromatic rings. The maximum absolute atomic E-state index is 13.3. The highest BCUT2D eigenvalue weighted by atomic mass is 32.2. The normalized spacial score (nSPS) is 17.8. The van der Waals surface area contributed by atoms with Crippen LogP contribution in [0.3, 0.4) is 0 Å². The van der Waals surface area contributed by atoms with Crippen molar-refractivity contribution in [2.24, 2.45) is 0 Å². The number of benzene rings is 3. The van der Waals surface area contributed by atoms with E-state index >= 15 is 0 Å². The fourth-order valence-electron chi connectivity index (χ4n) is 3.68. The van der Waals surface area contributed by atoms with Gasteiger partial charge in [-0.2, -0.15) is 4.31 Å². The molecule has 1 saturated heterocycles. The van der Waals surface area contributed by atoms with Gasteiger partial charge in [0.05, 0.1) is 17.6 Å². The highest BCUT2D eigenvalue weighted by molar-refractivity contribution is 7.89. The van der Waals surface area contributed by atoms with Gasteiger partial charge in [0.15, 0.2) is 0 Å². The zero-order valence-electron chi connectivity index (χ0n) is 16.1. The van der Waals surface area contributed by atoms with E-state index < -0.39 is 10.0 Å². The molecule has 5 heteroatoms. The molecule has 0 N–H and O–H groups in total. The fourth-order valence-corrected chi connectivity index (χ4v) is 5.07. The molecule has 1 heterocycles. The molecule has 144 valence electrons. The van der Waals surface area contributed by atoms with Crippen LogP contribution in [0.25, 0.3) is 0 Å². The van der Waals surface area contributed by atoms with E-state index in [2.05, 4.69) is 36.1 Å². The summed E-state index contributed by atoms with van der Waals surface area (Å²) < 4.78 is 28.1. The second kappa shape index (κ2) is 7.41. The zero-order valence-corrected chi connectivity index (χ0v) is 16.9. The SMILES string of the molecule is Cc1ccc(S(=O)(=O)N2CC(c3ccccc3)N(c3cccc(C)c3)C2)cc1. The molecular formula is C23H24N2O2S. The van der Waals surface area contributed by atoms with Crippen molar-refractivity contribution in [1.82, 2.24) is 4.31 Å². The lowest BCUT2D eigenvalue weighted by atomic mass is 10.1. The number of rotatable bonds is 4. The van der Waals surface area contributed by atoms with Crippen molar-refractivity contribution < 1.29 is 8.42 Å². The van der Waals surface area contributed by atoms with Crippen LogP contribution in [0.2, 0.25) is 0 Å². The molecule has 0 spiro atoms. The Labute approximate surface area is 167 Å². The highest BCUT2D eigenvalue weighted by Gasteiger charge is 2.38. The van der Waals surface area contributed by atoms with Gasteiger partial charge < -0.3 is 4.90 Å². The molecule has 1 fully saturated rings. The monoisotopic (exact) mass is 392 g/mol. The van der Waals surface area contributed by atoms with E-state index in [4.69, 9.17) is 0 Å². The lowest BCUT2D eigenvalue weighted by Crippen LogP contribution is -2.31. The highest BCUT2D eigenvalue weighted by Crippen LogP contribution is 2.35. The molecule has 0 amide bonds. The van der Waals surface area contributed by atoms with E-state index in [0.717, 1.165) is 22.4 Å². The van der Waals surface area contributed by atoms with Crippen molar-refractivity contribution in [1.29, 1.82) is 0 Å². The third-order valence-corrected chi connectivity index (χ3v) is 7.05. The molecule has 0 aliphatic carbocycles. The Morgan fingerprint density at radius 3 is 2.21 bits per heavy atom. The molecule has 4 nitrogen and oxygen atoms in total. The van der Waals surface area contributed by atoms with Crippen molar-refractivity contribution in [3.63, 3.8) is 0 Å². The Balaban J connectivity index is 1.72. The van der Waals surface area contributed by atoms with Crippen molar-refractivity contribution in [3.05, 3.63) is 95.6 Å². The second-order valence-electron chi connectivity index (χ2n) is 7.33. The Bertz CT molecular complexity index is 1060. The first-order valence-corrected chi connectivity index (χ1v) is 10.8. The van der Waals surface area contributed by atoms with Crippen molar-refractivity contribution >= 4 is 15.7 Å². The van der Waals surface area contributed by atoms with Crippen LogP contribution in [-0.4, -0.2) is 25.9 Å². The van der Waals surface area contributed by atoms with Gasteiger partial charge >= 0.3 is 0 Å². The van der Waals surface area contributed by atoms with Crippen molar-refractivity contribution in [2.75, 3.05) is 18.1 Å². The van der Waals surface area contributed by atoms with E-state index in [0.29, 0.717) is 18.1 Å². The Kier molecular flexibility index (Phi) is 4.96. The topological polar surface area (TPSA) is 40.6 Å². The van der Waals surface area contributed by atoms with Gasteiger partial charge in [0.2, 0.25) is 10.0 Å². The summed E-state index contributed by atoms with van der Waals surface area (Å²) in [7, 11) is -3.56. The van der Waals surface area contributed by atoms with E-state index in [-0.39, 0.29) is 6.04 Å². The summed E-state index contributed by atoms with van der Waals surface area (Å²) in [5.41, 5.74) is 4.36. The van der Waals surface area contributed by atoms with Gasteiger partial charge in [-0.1, -0.05) is 60.2 Å². The van der Waals surface area contributed by atoms with Crippen LogP contribution in [-0.2, 0) is 10.0 Å². The van der Waals surface area contributed by atoms with E-state index in [1.54, 1.807) is 16.4 Å². The third-order valence-electron chi connectivity index (χ3n) is 5.24. The molecule has 1 aliphatic heterocycles. The Morgan fingerprint density at radius 2 is 1.54 bits per heavy atom. The molecular weight excluding hydrogens is 368 g/mol. The molecule has 4 rings (SSSR count). The number of anilines is 1. The molecule has 1 atom stereocenters. The largest absolute Gasteiger partial charge is 0.349 e. The van der Waals surface area contributed by atoms with Gasteiger partial charge in [-0.25, -0.2) is 8.42 Å². The number of sulfonamides is 1. The zero-order chi connectivity index (χ0) is 19.7. The maximum atomic E-state index is 13.3. The summed E-state index contributed by atoms with van der Waals surface area (Å²) >= 11 is 0.